The van der Waals surface area contributed by atoms with Crippen molar-refractivity contribution < 1.29 is 14.7 Å². The maximum atomic E-state index is 12.4. The van der Waals surface area contributed by atoms with Gasteiger partial charge in [0.25, 0.3) is 0 Å². The van der Waals surface area contributed by atoms with Crippen LogP contribution < -0.4 is 5.32 Å². The summed E-state index contributed by atoms with van der Waals surface area (Å²) in [6.07, 6.45) is 7.17. The number of carbonyl (C=O) groups is 2. The van der Waals surface area contributed by atoms with E-state index < -0.39 is 11.5 Å². The molecular weight excluding hydrogens is 256 g/mol. The Morgan fingerprint density at radius 2 is 1.90 bits per heavy atom. The summed E-state index contributed by atoms with van der Waals surface area (Å²) in [4.78, 5) is 25.4. The van der Waals surface area contributed by atoms with Crippen LogP contribution in [0.2, 0.25) is 0 Å². The van der Waals surface area contributed by atoms with Crippen LogP contribution in [0.25, 0.3) is 0 Å². The number of nitrogens with zero attached hydrogens (tertiary/aromatic N) is 1. The Balaban J connectivity index is 1.97. The van der Waals surface area contributed by atoms with Gasteiger partial charge in [-0.3, -0.25) is 4.79 Å². The van der Waals surface area contributed by atoms with Gasteiger partial charge in [-0.1, -0.05) is 19.3 Å². The van der Waals surface area contributed by atoms with Gasteiger partial charge in [-0.25, -0.2) is 4.79 Å². The fraction of sp³-hybridized carbons (Fsp3) is 0.867. The largest absolute Gasteiger partial charge is 0.481 e. The molecule has 0 bridgehead atoms. The van der Waals surface area contributed by atoms with Gasteiger partial charge in [0.05, 0.1) is 12.0 Å². The van der Waals surface area contributed by atoms with Gasteiger partial charge in [0, 0.05) is 13.1 Å². The lowest BCUT2D eigenvalue weighted by molar-refractivity contribution is -0.139. The summed E-state index contributed by atoms with van der Waals surface area (Å²) in [5.74, 6) is -0.167. The second-order valence-electron chi connectivity index (χ2n) is 6.32. The minimum absolute atomic E-state index is 0.0414. The van der Waals surface area contributed by atoms with Crippen molar-refractivity contribution in [3.8, 4) is 0 Å². The summed E-state index contributed by atoms with van der Waals surface area (Å²) >= 11 is 0. The van der Waals surface area contributed by atoms with Gasteiger partial charge in [0.1, 0.15) is 0 Å². The standard InChI is InChI=1S/C15H26N2O3/c1-2-17(11-12-6-7-12)14(20)16-15(10-13(18)19)8-4-3-5-9-15/h12H,2-11H2,1H3,(H,16,20)(H,18,19). The van der Waals surface area contributed by atoms with Crippen molar-refractivity contribution in [1.82, 2.24) is 10.2 Å². The van der Waals surface area contributed by atoms with Gasteiger partial charge < -0.3 is 15.3 Å². The Morgan fingerprint density at radius 3 is 2.40 bits per heavy atom. The molecule has 20 heavy (non-hydrogen) atoms. The normalized spacial score (nSPS) is 21.2. The van der Waals surface area contributed by atoms with E-state index in [0.29, 0.717) is 12.5 Å². The van der Waals surface area contributed by atoms with Crippen LogP contribution in [0.4, 0.5) is 4.79 Å². The molecule has 2 fully saturated rings. The number of carbonyl (C=O) groups excluding carboxylic acids is 1. The van der Waals surface area contributed by atoms with Crippen molar-refractivity contribution in [3.63, 3.8) is 0 Å². The van der Waals surface area contributed by atoms with Crippen LogP contribution in [0.5, 0.6) is 0 Å². The molecule has 2 aliphatic carbocycles. The molecule has 2 aliphatic rings. The first-order valence-electron chi connectivity index (χ1n) is 7.83. The first-order valence-corrected chi connectivity index (χ1v) is 7.83. The van der Waals surface area contributed by atoms with Gasteiger partial charge in [-0.15, -0.1) is 0 Å². The maximum Gasteiger partial charge on any atom is 0.317 e. The Bertz CT molecular complexity index is 360. The van der Waals surface area contributed by atoms with E-state index in [1.165, 1.54) is 12.8 Å². The Kier molecular flexibility index (Phi) is 4.89. The van der Waals surface area contributed by atoms with Crippen LogP contribution in [0.15, 0.2) is 0 Å². The second kappa shape index (κ2) is 6.46. The van der Waals surface area contributed by atoms with Crippen molar-refractivity contribution in [2.45, 2.75) is 63.8 Å². The number of amides is 2. The minimum atomic E-state index is -0.822. The molecule has 0 saturated heterocycles. The summed E-state index contributed by atoms with van der Waals surface area (Å²) < 4.78 is 0. The Labute approximate surface area is 120 Å². The van der Waals surface area contributed by atoms with E-state index >= 15 is 0 Å². The number of hydrogen-bond donors (Lipinski definition) is 2. The topological polar surface area (TPSA) is 69.6 Å². The Morgan fingerprint density at radius 1 is 1.25 bits per heavy atom. The number of hydrogen-bond acceptors (Lipinski definition) is 2. The third-order valence-corrected chi connectivity index (χ3v) is 4.52. The summed E-state index contributed by atoms with van der Waals surface area (Å²) in [6.45, 7) is 3.48. The highest BCUT2D eigenvalue weighted by Crippen LogP contribution is 2.32. The highest BCUT2D eigenvalue weighted by molar-refractivity contribution is 5.77. The van der Waals surface area contributed by atoms with Crippen LogP contribution in [0.3, 0.4) is 0 Å². The van der Waals surface area contributed by atoms with Crippen molar-refractivity contribution in [3.05, 3.63) is 0 Å². The molecule has 0 spiro atoms. The predicted molar refractivity (Wildman–Crippen MR) is 76.6 cm³/mol. The molecule has 0 aliphatic heterocycles. The number of nitrogens with one attached hydrogen (secondary N) is 1. The molecular formula is C15H26N2O3. The van der Waals surface area contributed by atoms with Gasteiger partial charge in [0.15, 0.2) is 0 Å². The smallest absolute Gasteiger partial charge is 0.317 e. The summed E-state index contributed by atoms with van der Waals surface area (Å²) in [5.41, 5.74) is -0.530. The molecule has 0 radical (unpaired) electrons. The number of carboxylic acids is 1. The molecule has 0 aromatic heterocycles. The highest BCUT2D eigenvalue weighted by atomic mass is 16.4. The van der Waals surface area contributed by atoms with Crippen LogP contribution in [0, 0.1) is 5.92 Å². The van der Waals surface area contributed by atoms with Crippen LogP contribution in [0.1, 0.15) is 58.3 Å². The first kappa shape index (κ1) is 15.1. The van der Waals surface area contributed by atoms with Crippen LogP contribution in [-0.2, 0) is 4.79 Å². The summed E-state index contributed by atoms with van der Waals surface area (Å²) in [5, 5.41) is 12.2. The van der Waals surface area contributed by atoms with Crippen molar-refractivity contribution in [2.75, 3.05) is 13.1 Å². The zero-order valence-corrected chi connectivity index (χ0v) is 12.4. The zero-order chi connectivity index (χ0) is 14.6. The number of rotatable bonds is 6. The molecule has 0 atom stereocenters. The third-order valence-electron chi connectivity index (χ3n) is 4.52. The molecule has 5 heteroatoms. The molecule has 0 aromatic carbocycles. The van der Waals surface area contributed by atoms with E-state index in [9.17, 15) is 9.59 Å². The van der Waals surface area contributed by atoms with Crippen molar-refractivity contribution in [2.24, 2.45) is 5.92 Å². The van der Waals surface area contributed by atoms with Crippen LogP contribution >= 0.6 is 0 Å². The lowest BCUT2D eigenvalue weighted by atomic mass is 9.79. The molecule has 0 unspecified atom stereocenters. The molecule has 0 heterocycles. The number of aliphatic carboxylic acids is 1. The summed E-state index contributed by atoms with van der Waals surface area (Å²) in [6, 6.07) is -0.0810. The highest BCUT2D eigenvalue weighted by Gasteiger charge is 2.37. The fourth-order valence-electron chi connectivity index (χ4n) is 3.14. The van der Waals surface area contributed by atoms with Crippen molar-refractivity contribution in [1.29, 1.82) is 0 Å². The fourth-order valence-corrected chi connectivity index (χ4v) is 3.14. The van der Waals surface area contributed by atoms with Crippen molar-refractivity contribution >= 4 is 12.0 Å². The van der Waals surface area contributed by atoms with E-state index in [1.54, 1.807) is 0 Å². The molecule has 5 nitrogen and oxygen atoms in total. The van der Waals surface area contributed by atoms with E-state index in [-0.39, 0.29) is 12.5 Å². The second-order valence-corrected chi connectivity index (χ2v) is 6.32. The predicted octanol–water partition coefficient (Wildman–Crippen LogP) is 2.61. The first-order chi connectivity index (χ1) is 9.54. The van der Waals surface area contributed by atoms with Gasteiger partial charge in [0.2, 0.25) is 0 Å². The van der Waals surface area contributed by atoms with E-state index in [0.717, 1.165) is 38.6 Å². The van der Waals surface area contributed by atoms with E-state index in [2.05, 4.69) is 5.32 Å². The SMILES string of the molecule is CCN(CC1CC1)C(=O)NC1(CC(=O)O)CCCCC1. The zero-order valence-electron chi connectivity index (χ0n) is 12.4. The molecule has 2 saturated carbocycles. The van der Waals surface area contributed by atoms with Crippen LogP contribution in [-0.4, -0.2) is 40.6 Å². The lowest BCUT2D eigenvalue weighted by Gasteiger charge is -2.38. The number of carboxylic acid groups (broad SMARTS) is 1. The molecule has 2 rings (SSSR count). The van der Waals surface area contributed by atoms with Gasteiger partial charge in [-0.2, -0.15) is 0 Å². The average molecular weight is 282 g/mol. The minimum Gasteiger partial charge on any atom is -0.481 e. The molecule has 114 valence electrons. The van der Waals surface area contributed by atoms with Gasteiger partial charge >= 0.3 is 12.0 Å². The Hall–Kier alpha value is -1.26. The average Bonchev–Trinajstić information content (AvgIpc) is 3.19. The van der Waals surface area contributed by atoms with E-state index in [1.807, 2.05) is 11.8 Å². The quantitative estimate of drug-likeness (QED) is 0.786. The molecule has 2 N–H and O–H groups in total. The maximum absolute atomic E-state index is 12.4. The molecule has 0 aromatic rings. The van der Waals surface area contributed by atoms with E-state index in [4.69, 9.17) is 5.11 Å². The summed E-state index contributed by atoms with van der Waals surface area (Å²) in [7, 11) is 0. The molecule has 2 amide bonds. The lowest BCUT2D eigenvalue weighted by Crippen LogP contribution is -2.55. The van der Waals surface area contributed by atoms with Gasteiger partial charge in [-0.05, 0) is 38.5 Å². The monoisotopic (exact) mass is 282 g/mol. The number of urea groups is 1. The third kappa shape index (κ3) is 4.12.